The monoisotopic (exact) mass is 314 g/mol. The number of amides is 1. The number of carbonyl (C=O) groups excluding carboxylic acids is 1. The van der Waals surface area contributed by atoms with Crippen LogP contribution in [0.1, 0.15) is 17.7 Å². The minimum atomic E-state index is 0.226. The molecule has 2 aromatic rings. The fraction of sp³-hybridized carbons (Fsp3) is 0.471. The summed E-state index contributed by atoms with van der Waals surface area (Å²) in [6.45, 7) is 2.86. The van der Waals surface area contributed by atoms with E-state index in [2.05, 4.69) is 22.1 Å². The molecule has 0 aliphatic carbocycles. The Morgan fingerprint density at radius 3 is 3.00 bits per heavy atom. The first-order valence-electron chi connectivity index (χ1n) is 7.91. The zero-order chi connectivity index (χ0) is 16.1. The van der Waals surface area contributed by atoms with Gasteiger partial charge in [0.2, 0.25) is 5.91 Å². The van der Waals surface area contributed by atoms with E-state index >= 15 is 0 Å². The predicted octanol–water partition coefficient (Wildman–Crippen LogP) is 1.36. The average Bonchev–Trinajstić information content (AvgIpc) is 3.17. The summed E-state index contributed by atoms with van der Waals surface area (Å²) in [6.07, 6.45) is 8.88. The molecule has 1 aliphatic rings. The second kappa shape index (κ2) is 7.37. The van der Waals surface area contributed by atoms with Gasteiger partial charge in [-0.2, -0.15) is 0 Å². The van der Waals surface area contributed by atoms with Crippen molar-refractivity contribution in [2.45, 2.75) is 19.4 Å². The average molecular weight is 314 g/mol. The predicted molar refractivity (Wildman–Crippen MR) is 85.8 cm³/mol. The van der Waals surface area contributed by atoms with Crippen molar-refractivity contribution in [1.29, 1.82) is 0 Å². The first-order valence-corrected chi connectivity index (χ1v) is 7.91. The number of likely N-dealkylation sites (tertiary alicyclic amines) is 1. The SMILES string of the molecule is COCCN1C[C@@H](Cc2ccc(Cn3ccnc3)cn2)CC1=O. The number of carbonyl (C=O) groups is 1. The van der Waals surface area contributed by atoms with Gasteiger partial charge in [0.1, 0.15) is 0 Å². The Morgan fingerprint density at radius 1 is 1.39 bits per heavy atom. The van der Waals surface area contributed by atoms with Crippen LogP contribution in [0.4, 0.5) is 0 Å². The summed E-state index contributed by atoms with van der Waals surface area (Å²) in [5.41, 5.74) is 2.20. The van der Waals surface area contributed by atoms with E-state index in [0.29, 0.717) is 25.5 Å². The second-order valence-electron chi connectivity index (χ2n) is 6.00. The van der Waals surface area contributed by atoms with Crippen LogP contribution in [-0.4, -0.2) is 52.1 Å². The lowest BCUT2D eigenvalue weighted by Crippen LogP contribution is -2.28. The molecule has 3 heterocycles. The van der Waals surface area contributed by atoms with Crippen LogP contribution in [0.15, 0.2) is 37.1 Å². The molecule has 0 N–H and O–H groups in total. The molecule has 1 aliphatic heterocycles. The maximum absolute atomic E-state index is 12.0. The third-order valence-electron chi connectivity index (χ3n) is 4.17. The highest BCUT2D eigenvalue weighted by atomic mass is 16.5. The van der Waals surface area contributed by atoms with Gasteiger partial charge in [0.15, 0.2) is 0 Å². The van der Waals surface area contributed by atoms with Crippen molar-refractivity contribution >= 4 is 5.91 Å². The Balaban J connectivity index is 1.53. The summed E-state index contributed by atoms with van der Waals surface area (Å²) in [4.78, 5) is 22.4. The van der Waals surface area contributed by atoms with E-state index in [1.165, 1.54) is 0 Å². The molecule has 23 heavy (non-hydrogen) atoms. The van der Waals surface area contributed by atoms with E-state index < -0.39 is 0 Å². The molecule has 1 amide bonds. The molecule has 1 atom stereocenters. The molecular weight excluding hydrogens is 292 g/mol. The highest BCUT2D eigenvalue weighted by Gasteiger charge is 2.29. The number of rotatable bonds is 7. The van der Waals surface area contributed by atoms with Gasteiger partial charge < -0.3 is 14.2 Å². The van der Waals surface area contributed by atoms with Crippen LogP contribution in [0.2, 0.25) is 0 Å². The van der Waals surface area contributed by atoms with Crippen LogP contribution in [0.25, 0.3) is 0 Å². The minimum Gasteiger partial charge on any atom is -0.383 e. The van der Waals surface area contributed by atoms with Crippen LogP contribution >= 0.6 is 0 Å². The van der Waals surface area contributed by atoms with Crippen LogP contribution in [0.3, 0.4) is 0 Å². The molecule has 1 fully saturated rings. The van der Waals surface area contributed by atoms with E-state index in [0.717, 1.165) is 30.8 Å². The number of aromatic nitrogens is 3. The normalized spacial score (nSPS) is 17.9. The van der Waals surface area contributed by atoms with Gasteiger partial charge in [0.05, 0.1) is 12.9 Å². The minimum absolute atomic E-state index is 0.226. The largest absolute Gasteiger partial charge is 0.383 e. The molecule has 122 valence electrons. The summed E-state index contributed by atoms with van der Waals surface area (Å²) in [5.74, 6) is 0.579. The van der Waals surface area contributed by atoms with Crippen LogP contribution in [0, 0.1) is 5.92 Å². The van der Waals surface area contributed by atoms with Crippen molar-refractivity contribution in [2.75, 3.05) is 26.8 Å². The summed E-state index contributed by atoms with van der Waals surface area (Å²) < 4.78 is 7.06. The fourth-order valence-electron chi connectivity index (χ4n) is 2.96. The van der Waals surface area contributed by atoms with E-state index in [9.17, 15) is 4.79 Å². The third kappa shape index (κ3) is 4.16. The number of pyridine rings is 1. The quantitative estimate of drug-likeness (QED) is 0.774. The van der Waals surface area contributed by atoms with Gasteiger partial charge >= 0.3 is 0 Å². The van der Waals surface area contributed by atoms with E-state index in [4.69, 9.17) is 4.74 Å². The van der Waals surface area contributed by atoms with Gasteiger partial charge in [0, 0.05) is 57.4 Å². The van der Waals surface area contributed by atoms with Crippen molar-refractivity contribution in [2.24, 2.45) is 5.92 Å². The number of hydrogen-bond acceptors (Lipinski definition) is 4. The lowest BCUT2D eigenvalue weighted by Gasteiger charge is -2.15. The van der Waals surface area contributed by atoms with Crippen molar-refractivity contribution in [1.82, 2.24) is 19.4 Å². The number of hydrogen-bond donors (Lipinski definition) is 0. The van der Waals surface area contributed by atoms with Gasteiger partial charge in [0.25, 0.3) is 0 Å². The molecule has 0 saturated carbocycles. The zero-order valence-corrected chi connectivity index (χ0v) is 13.4. The Hall–Kier alpha value is -2.21. The number of imidazole rings is 1. The lowest BCUT2D eigenvalue weighted by atomic mass is 10.0. The van der Waals surface area contributed by atoms with Gasteiger partial charge in [-0.25, -0.2) is 4.98 Å². The third-order valence-corrected chi connectivity index (χ3v) is 4.17. The molecule has 2 aromatic heterocycles. The molecule has 6 nitrogen and oxygen atoms in total. The van der Waals surface area contributed by atoms with Crippen LogP contribution in [0.5, 0.6) is 0 Å². The highest BCUT2D eigenvalue weighted by Crippen LogP contribution is 2.21. The topological polar surface area (TPSA) is 60.2 Å². The molecule has 0 bridgehead atoms. The van der Waals surface area contributed by atoms with Gasteiger partial charge in [-0.05, 0) is 24.0 Å². The Bertz CT molecular complexity index is 625. The standard InChI is InChI=1S/C17H22N4O2/c1-23-7-6-21-12-15(9-17(21)22)8-16-3-2-14(10-19-16)11-20-5-4-18-13-20/h2-5,10,13,15H,6-9,11-12H2,1H3/t15-/m0/s1. The lowest BCUT2D eigenvalue weighted by molar-refractivity contribution is -0.128. The fourth-order valence-corrected chi connectivity index (χ4v) is 2.96. The molecule has 1 saturated heterocycles. The van der Waals surface area contributed by atoms with Crippen molar-refractivity contribution in [3.63, 3.8) is 0 Å². The maximum atomic E-state index is 12.0. The summed E-state index contributed by atoms with van der Waals surface area (Å²) in [5, 5.41) is 0. The smallest absolute Gasteiger partial charge is 0.223 e. The molecule has 0 radical (unpaired) electrons. The first kappa shape index (κ1) is 15.7. The zero-order valence-electron chi connectivity index (χ0n) is 13.4. The first-order chi connectivity index (χ1) is 11.2. The molecule has 6 heteroatoms. The molecular formula is C17H22N4O2. The molecule has 0 unspecified atom stereocenters. The summed E-state index contributed by atoms with van der Waals surface area (Å²) in [7, 11) is 1.66. The maximum Gasteiger partial charge on any atom is 0.223 e. The van der Waals surface area contributed by atoms with Gasteiger partial charge in [-0.3, -0.25) is 9.78 Å². The van der Waals surface area contributed by atoms with Crippen molar-refractivity contribution < 1.29 is 9.53 Å². The van der Waals surface area contributed by atoms with E-state index in [1.54, 1.807) is 19.6 Å². The Kier molecular flexibility index (Phi) is 5.02. The number of methoxy groups -OCH3 is 1. The summed E-state index contributed by atoms with van der Waals surface area (Å²) in [6, 6.07) is 4.16. The number of ether oxygens (including phenoxy) is 1. The molecule has 3 rings (SSSR count). The van der Waals surface area contributed by atoms with Crippen LogP contribution < -0.4 is 0 Å². The Morgan fingerprint density at radius 2 is 2.30 bits per heavy atom. The highest BCUT2D eigenvalue weighted by molar-refractivity contribution is 5.78. The van der Waals surface area contributed by atoms with Gasteiger partial charge in [-0.1, -0.05) is 6.07 Å². The van der Waals surface area contributed by atoms with Crippen LogP contribution in [-0.2, 0) is 22.5 Å². The van der Waals surface area contributed by atoms with E-state index in [-0.39, 0.29) is 5.91 Å². The molecule has 0 aromatic carbocycles. The molecule has 0 spiro atoms. The van der Waals surface area contributed by atoms with Crippen molar-refractivity contribution in [3.8, 4) is 0 Å². The van der Waals surface area contributed by atoms with Gasteiger partial charge in [-0.15, -0.1) is 0 Å². The Labute approximate surface area is 136 Å². The second-order valence-corrected chi connectivity index (χ2v) is 6.00. The number of nitrogens with zero attached hydrogens (tertiary/aromatic N) is 4. The summed E-state index contributed by atoms with van der Waals surface area (Å²) >= 11 is 0. The van der Waals surface area contributed by atoms with E-state index in [1.807, 2.05) is 21.9 Å². The van der Waals surface area contributed by atoms with Crippen molar-refractivity contribution in [3.05, 3.63) is 48.3 Å².